The van der Waals surface area contributed by atoms with Crippen molar-refractivity contribution in [3.05, 3.63) is 23.4 Å². The van der Waals surface area contributed by atoms with Crippen LogP contribution in [0.3, 0.4) is 0 Å². The maximum Gasteiger partial charge on any atom is 0.146 e. The van der Waals surface area contributed by atoms with Gasteiger partial charge in [0.25, 0.3) is 0 Å². The van der Waals surface area contributed by atoms with E-state index < -0.39 is 0 Å². The molecule has 1 spiro atoms. The summed E-state index contributed by atoms with van der Waals surface area (Å²) in [6, 6.07) is 6.09. The van der Waals surface area contributed by atoms with Gasteiger partial charge in [-0.2, -0.15) is 5.26 Å². The minimum atomic E-state index is 0.516. The van der Waals surface area contributed by atoms with Gasteiger partial charge in [0.2, 0.25) is 0 Å². The van der Waals surface area contributed by atoms with Crippen molar-refractivity contribution in [3.63, 3.8) is 0 Å². The van der Waals surface area contributed by atoms with Crippen molar-refractivity contribution in [1.29, 1.82) is 5.26 Å². The predicted molar refractivity (Wildman–Crippen MR) is 79.7 cm³/mol. The zero-order valence-corrected chi connectivity index (χ0v) is 12.4. The number of aryl methyl sites for hydroxylation is 1. The van der Waals surface area contributed by atoms with Crippen LogP contribution in [-0.4, -0.2) is 43.1 Å². The zero-order chi connectivity index (χ0) is 14.2. The van der Waals surface area contributed by atoms with Crippen molar-refractivity contribution in [2.75, 3.05) is 38.1 Å². The van der Waals surface area contributed by atoms with Crippen molar-refractivity contribution in [1.82, 2.24) is 9.88 Å². The number of piperidine rings is 1. The number of aromatic nitrogens is 1. The largest absolute Gasteiger partial charge is 0.355 e. The lowest BCUT2D eigenvalue weighted by Crippen LogP contribution is -2.42. The number of rotatable bonds is 1. The molecule has 2 fully saturated rings. The Hall–Kier alpha value is -1.60. The van der Waals surface area contributed by atoms with Gasteiger partial charge in [0.1, 0.15) is 11.9 Å². The molecule has 0 N–H and O–H groups in total. The predicted octanol–water partition coefficient (Wildman–Crippen LogP) is 2.18. The van der Waals surface area contributed by atoms with Crippen LogP contribution in [-0.2, 0) is 0 Å². The molecular formula is C16H22N4. The van der Waals surface area contributed by atoms with Crippen LogP contribution >= 0.6 is 0 Å². The molecule has 106 valence electrons. The van der Waals surface area contributed by atoms with Gasteiger partial charge in [-0.15, -0.1) is 0 Å². The smallest absolute Gasteiger partial charge is 0.146 e. The first-order chi connectivity index (χ1) is 9.62. The molecule has 0 atom stereocenters. The summed E-state index contributed by atoms with van der Waals surface area (Å²) < 4.78 is 0. The van der Waals surface area contributed by atoms with Crippen molar-refractivity contribution in [2.45, 2.75) is 26.2 Å². The molecule has 0 radical (unpaired) electrons. The Labute approximate surface area is 121 Å². The monoisotopic (exact) mass is 270 g/mol. The number of hydrogen-bond donors (Lipinski definition) is 0. The van der Waals surface area contributed by atoms with Crippen molar-refractivity contribution >= 4 is 5.82 Å². The van der Waals surface area contributed by atoms with Gasteiger partial charge in [-0.05, 0) is 57.3 Å². The highest BCUT2D eigenvalue weighted by atomic mass is 15.2. The Morgan fingerprint density at radius 2 is 1.90 bits per heavy atom. The van der Waals surface area contributed by atoms with Gasteiger partial charge in [0, 0.05) is 25.3 Å². The van der Waals surface area contributed by atoms with Crippen molar-refractivity contribution in [2.24, 2.45) is 5.41 Å². The summed E-state index contributed by atoms with van der Waals surface area (Å²) in [6.45, 7) is 6.50. The Kier molecular flexibility index (Phi) is 3.39. The maximum absolute atomic E-state index is 9.26. The standard InChI is InChI=1S/C16H22N4/c1-13-3-4-14(11-17)15(18-13)20-9-6-16(7-10-20)5-8-19(2)12-16/h3-4H,5-10,12H2,1-2H3. The molecule has 1 aromatic rings. The molecule has 0 unspecified atom stereocenters. The van der Waals surface area contributed by atoms with Gasteiger partial charge >= 0.3 is 0 Å². The third kappa shape index (κ3) is 2.38. The highest BCUT2D eigenvalue weighted by Crippen LogP contribution is 2.40. The Bertz CT molecular complexity index is 538. The highest BCUT2D eigenvalue weighted by Gasteiger charge is 2.39. The minimum Gasteiger partial charge on any atom is -0.355 e. The van der Waals surface area contributed by atoms with Gasteiger partial charge in [-0.1, -0.05) is 0 Å². The lowest BCUT2D eigenvalue weighted by molar-refractivity contribution is 0.221. The van der Waals surface area contributed by atoms with Crippen LogP contribution in [0, 0.1) is 23.7 Å². The second-order valence-corrected chi connectivity index (χ2v) is 6.41. The van der Waals surface area contributed by atoms with E-state index in [1.807, 2.05) is 19.1 Å². The van der Waals surface area contributed by atoms with E-state index in [9.17, 15) is 5.26 Å². The number of anilines is 1. The van der Waals surface area contributed by atoms with Crippen LogP contribution in [0.5, 0.6) is 0 Å². The van der Waals surface area contributed by atoms with Crippen LogP contribution in [0.15, 0.2) is 12.1 Å². The molecule has 0 aliphatic carbocycles. The molecule has 4 nitrogen and oxygen atoms in total. The van der Waals surface area contributed by atoms with Gasteiger partial charge < -0.3 is 9.80 Å². The number of pyridine rings is 1. The zero-order valence-electron chi connectivity index (χ0n) is 12.4. The van der Waals surface area contributed by atoms with Crippen LogP contribution in [0.1, 0.15) is 30.5 Å². The van der Waals surface area contributed by atoms with E-state index in [1.165, 1.54) is 32.4 Å². The molecule has 0 saturated carbocycles. The third-order valence-corrected chi connectivity index (χ3v) is 4.89. The molecule has 4 heteroatoms. The molecule has 0 amide bonds. The molecule has 0 aromatic carbocycles. The lowest BCUT2D eigenvalue weighted by atomic mass is 9.78. The summed E-state index contributed by atoms with van der Waals surface area (Å²) in [7, 11) is 2.22. The Morgan fingerprint density at radius 3 is 2.50 bits per heavy atom. The van der Waals surface area contributed by atoms with Crippen molar-refractivity contribution in [3.8, 4) is 6.07 Å². The summed E-state index contributed by atoms with van der Waals surface area (Å²) >= 11 is 0. The Morgan fingerprint density at radius 1 is 1.20 bits per heavy atom. The summed E-state index contributed by atoms with van der Waals surface area (Å²) in [5.41, 5.74) is 2.21. The third-order valence-electron chi connectivity index (χ3n) is 4.89. The van der Waals surface area contributed by atoms with Gasteiger partial charge in [0.15, 0.2) is 0 Å². The molecular weight excluding hydrogens is 248 g/mol. The minimum absolute atomic E-state index is 0.516. The highest BCUT2D eigenvalue weighted by molar-refractivity contribution is 5.54. The van der Waals surface area contributed by atoms with Gasteiger partial charge in [0.05, 0.1) is 5.56 Å². The first-order valence-electron chi connectivity index (χ1n) is 7.43. The van der Waals surface area contributed by atoms with E-state index in [4.69, 9.17) is 0 Å². The van der Waals surface area contributed by atoms with Crippen LogP contribution in [0.4, 0.5) is 5.82 Å². The van der Waals surface area contributed by atoms with Crippen LogP contribution in [0.2, 0.25) is 0 Å². The fourth-order valence-electron chi connectivity index (χ4n) is 3.63. The number of nitriles is 1. The second-order valence-electron chi connectivity index (χ2n) is 6.41. The van der Waals surface area contributed by atoms with E-state index in [0.29, 0.717) is 11.0 Å². The summed E-state index contributed by atoms with van der Waals surface area (Å²) in [6.07, 6.45) is 3.76. The van der Waals surface area contributed by atoms with E-state index in [1.54, 1.807) is 0 Å². The average molecular weight is 270 g/mol. The van der Waals surface area contributed by atoms with Gasteiger partial charge in [-0.3, -0.25) is 0 Å². The van der Waals surface area contributed by atoms with E-state index in [0.717, 1.165) is 24.6 Å². The summed E-state index contributed by atoms with van der Waals surface area (Å²) in [5, 5.41) is 9.26. The van der Waals surface area contributed by atoms with E-state index >= 15 is 0 Å². The molecule has 3 heterocycles. The van der Waals surface area contributed by atoms with Crippen LogP contribution in [0.25, 0.3) is 0 Å². The topological polar surface area (TPSA) is 43.2 Å². The summed E-state index contributed by atoms with van der Waals surface area (Å²) in [4.78, 5) is 9.34. The summed E-state index contributed by atoms with van der Waals surface area (Å²) in [5.74, 6) is 0.883. The van der Waals surface area contributed by atoms with Crippen molar-refractivity contribution < 1.29 is 0 Å². The second kappa shape index (κ2) is 5.06. The molecule has 1 aromatic heterocycles. The molecule has 2 saturated heterocycles. The molecule has 0 bridgehead atoms. The molecule has 2 aliphatic heterocycles. The SMILES string of the molecule is Cc1ccc(C#N)c(N2CCC3(CCN(C)C3)CC2)n1. The fraction of sp³-hybridized carbons (Fsp3) is 0.625. The van der Waals surface area contributed by atoms with E-state index in [-0.39, 0.29) is 0 Å². The number of hydrogen-bond acceptors (Lipinski definition) is 4. The van der Waals surface area contributed by atoms with Gasteiger partial charge in [-0.25, -0.2) is 4.98 Å². The fourth-order valence-corrected chi connectivity index (χ4v) is 3.63. The molecule has 2 aliphatic rings. The maximum atomic E-state index is 9.26. The quantitative estimate of drug-likeness (QED) is 0.784. The first kappa shape index (κ1) is 13.4. The first-order valence-corrected chi connectivity index (χ1v) is 7.43. The average Bonchev–Trinajstić information content (AvgIpc) is 2.81. The van der Waals surface area contributed by atoms with E-state index in [2.05, 4.69) is 27.9 Å². The number of nitrogens with zero attached hydrogens (tertiary/aromatic N) is 4. The molecule has 20 heavy (non-hydrogen) atoms. The normalized spacial score (nSPS) is 22.1. The number of likely N-dealkylation sites (tertiary alicyclic amines) is 1. The Balaban J connectivity index is 1.76. The lowest BCUT2D eigenvalue weighted by Gasteiger charge is -2.40. The van der Waals surface area contributed by atoms with Crippen LogP contribution < -0.4 is 4.90 Å². The molecule has 3 rings (SSSR count).